The summed E-state index contributed by atoms with van der Waals surface area (Å²) in [6.07, 6.45) is -0.146. The molecule has 1 N–H and O–H groups in total. The molecule has 0 saturated carbocycles. The molecule has 1 unspecified atom stereocenters. The normalized spacial score (nSPS) is 21.7. The van der Waals surface area contributed by atoms with Crippen molar-refractivity contribution in [1.82, 2.24) is 4.90 Å². The van der Waals surface area contributed by atoms with Crippen LogP contribution in [0.3, 0.4) is 0 Å². The highest BCUT2D eigenvalue weighted by Crippen LogP contribution is 2.46. The van der Waals surface area contributed by atoms with Gasteiger partial charge in [-0.3, -0.25) is 4.90 Å². The maximum atomic E-state index is 13.4. The van der Waals surface area contributed by atoms with E-state index in [2.05, 4.69) is 38.1 Å². The first-order chi connectivity index (χ1) is 15.2. The van der Waals surface area contributed by atoms with E-state index in [-0.39, 0.29) is 24.0 Å². The third-order valence-electron chi connectivity index (χ3n) is 6.51. The largest absolute Gasteiger partial charge is 0.479 e. The number of rotatable bonds is 5. The van der Waals surface area contributed by atoms with Crippen LogP contribution in [-0.4, -0.2) is 51.8 Å². The second-order valence-corrected chi connectivity index (χ2v) is 10.9. The molecule has 2 aliphatic rings. The lowest BCUT2D eigenvalue weighted by atomic mass is 9.78. The zero-order chi connectivity index (χ0) is 23.1. The number of benzene rings is 2. The minimum atomic E-state index is -1.27. The van der Waals surface area contributed by atoms with Crippen molar-refractivity contribution in [2.45, 2.75) is 51.6 Å². The van der Waals surface area contributed by atoms with Crippen molar-refractivity contribution in [3.8, 4) is 11.1 Å². The second-order valence-electron chi connectivity index (χ2n) is 9.94. The summed E-state index contributed by atoms with van der Waals surface area (Å²) in [5, 5.41) is 10.3. The molecule has 5 nitrogen and oxygen atoms in total. The molecule has 0 spiro atoms. The first-order valence-electron chi connectivity index (χ1n) is 11.1. The number of nitrogens with zero attached hydrogens (tertiary/aromatic N) is 1. The molecule has 2 aromatic carbocycles. The van der Waals surface area contributed by atoms with Crippen LogP contribution in [0, 0.1) is 5.41 Å². The summed E-state index contributed by atoms with van der Waals surface area (Å²) in [6, 6.07) is 16.1. The van der Waals surface area contributed by atoms with Gasteiger partial charge in [0.1, 0.15) is 6.61 Å². The van der Waals surface area contributed by atoms with Crippen molar-refractivity contribution in [3.63, 3.8) is 0 Å². The Labute approximate surface area is 194 Å². The number of ether oxygens (including phenoxy) is 1. The summed E-state index contributed by atoms with van der Waals surface area (Å²) in [6.45, 7) is 8.03. The Kier molecular flexibility index (Phi) is 6.01. The Morgan fingerprint density at radius 2 is 1.62 bits per heavy atom. The zero-order valence-corrected chi connectivity index (χ0v) is 19.9. The molecule has 1 heterocycles. The first-order valence-corrected chi connectivity index (χ1v) is 12.3. The van der Waals surface area contributed by atoms with E-state index in [4.69, 9.17) is 4.74 Å². The Morgan fingerprint density at radius 1 is 1.06 bits per heavy atom. The van der Waals surface area contributed by atoms with Crippen molar-refractivity contribution in [3.05, 3.63) is 59.7 Å². The van der Waals surface area contributed by atoms with Gasteiger partial charge in [0.2, 0.25) is 0 Å². The highest BCUT2D eigenvalue weighted by Gasteiger charge is 2.53. The molecule has 1 fully saturated rings. The fourth-order valence-electron chi connectivity index (χ4n) is 5.33. The molecule has 0 radical (unpaired) electrons. The van der Waals surface area contributed by atoms with Gasteiger partial charge in [0, 0.05) is 17.7 Å². The van der Waals surface area contributed by atoms with Crippen LogP contribution < -0.4 is 0 Å². The Morgan fingerprint density at radius 3 is 2.12 bits per heavy atom. The van der Waals surface area contributed by atoms with Crippen LogP contribution in [0.2, 0.25) is 0 Å². The van der Waals surface area contributed by atoms with Crippen LogP contribution in [0.5, 0.6) is 0 Å². The topological polar surface area (TPSA) is 66.8 Å². The number of fused-ring (bicyclic) bond motifs is 3. The molecule has 0 bridgehead atoms. The van der Waals surface area contributed by atoms with Crippen LogP contribution in [0.1, 0.15) is 51.2 Å². The van der Waals surface area contributed by atoms with E-state index in [1.165, 1.54) is 4.90 Å². The second kappa shape index (κ2) is 8.47. The zero-order valence-electron chi connectivity index (χ0n) is 19.1. The number of thioether (sulfide) groups is 1. The van der Waals surface area contributed by atoms with E-state index in [1.807, 2.05) is 38.1 Å². The SMILES string of the molecule is CC(C)N(C(=O)OCC1c2ccccc2-c2ccccc21)C1(C(=O)O)CSCC(C)(C)C1. The number of carboxylic acids is 1. The van der Waals surface area contributed by atoms with Gasteiger partial charge >= 0.3 is 12.1 Å². The van der Waals surface area contributed by atoms with Gasteiger partial charge in [-0.05, 0) is 53.7 Å². The van der Waals surface area contributed by atoms with E-state index in [1.54, 1.807) is 11.8 Å². The highest BCUT2D eigenvalue weighted by atomic mass is 32.2. The third kappa shape index (κ3) is 3.90. The molecule has 4 rings (SSSR count). The average molecular weight is 454 g/mol. The molecule has 2 aromatic rings. The Bertz CT molecular complexity index is 988. The lowest BCUT2D eigenvalue weighted by Crippen LogP contribution is -2.64. The summed E-state index contributed by atoms with van der Waals surface area (Å²) >= 11 is 1.59. The van der Waals surface area contributed by atoms with Gasteiger partial charge < -0.3 is 9.84 Å². The number of carbonyl (C=O) groups is 2. The predicted octanol–water partition coefficient (Wildman–Crippen LogP) is 5.63. The number of hydrogen-bond donors (Lipinski definition) is 1. The minimum absolute atomic E-state index is 0.0571. The standard InChI is InChI=1S/C26H31NO4S/c1-17(2)27(26(23(28)29)14-25(3,4)15-32-16-26)24(30)31-13-22-20-11-7-5-9-18(20)19-10-6-8-12-21(19)22/h5-12,17,22H,13-16H2,1-4H3,(H,28,29). The molecule has 170 valence electrons. The van der Waals surface area contributed by atoms with Crippen LogP contribution in [0.4, 0.5) is 4.79 Å². The molecule has 1 amide bonds. The molecule has 6 heteroatoms. The molecular formula is C26H31NO4S. The van der Waals surface area contributed by atoms with E-state index >= 15 is 0 Å². The minimum Gasteiger partial charge on any atom is -0.479 e. The molecular weight excluding hydrogens is 422 g/mol. The number of hydrogen-bond acceptors (Lipinski definition) is 4. The predicted molar refractivity (Wildman–Crippen MR) is 128 cm³/mol. The Hall–Kier alpha value is -2.47. The summed E-state index contributed by atoms with van der Waals surface area (Å²) in [4.78, 5) is 27.4. The van der Waals surface area contributed by atoms with Crippen LogP contribution in [0.25, 0.3) is 11.1 Å². The smallest absolute Gasteiger partial charge is 0.411 e. The van der Waals surface area contributed by atoms with Crippen LogP contribution >= 0.6 is 11.8 Å². The highest BCUT2D eigenvalue weighted by molar-refractivity contribution is 7.99. The summed E-state index contributed by atoms with van der Waals surface area (Å²) < 4.78 is 5.87. The molecule has 1 atom stereocenters. The van der Waals surface area contributed by atoms with E-state index < -0.39 is 17.6 Å². The van der Waals surface area contributed by atoms with Gasteiger partial charge in [0.25, 0.3) is 0 Å². The molecule has 1 aliphatic heterocycles. The fourth-order valence-corrected chi connectivity index (χ4v) is 6.79. The summed E-state index contributed by atoms with van der Waals surface area (Å²) in [7, 11) is 0. The van der Waals surface area contributed by atoms with E-state index in [0.29, 0.717) is 12.2 Å². The lowest BCUT2D eigenvalue weighted by Gasteiger charge is -2.48. The quantitative estimate of drug-likeness (QED) is 0.635. The number of amides is 1. The lowest BCUT2D eigenvalue weighted by molar-refractivity contribution is -0.152. The third-order valence-corrected chi connectivity index (χ3v) is 8.18. The van der Waals surface area contributed by atoms with Crippen molar-refractivity contribution >= 4 is 23.8 Å². The first kappa shape index (κ1) is 22.7. The van der Waals surface area contributed by atoms with Crippen LogP contribution in [-0.2, 0) is 9.53 Å². The number of carboxylic acid groups (broad SMARTS) is 1. The van der Waals surface area contributed by atoms with Gasteiger partial charge in [-0.2, -0.15) is 11.8 Å². The summed E-state index contributed by atoms with van der Waals surface area (Å²) in [5.74, 6) is 0.227. The van der Waals surface area contributed by atoms with Crippen molar-refractivity contribution < 1.29 is 19.4 Å². The molecule has 0 aromatic heterocycles. The fraction of sp³-hybridized carbons (Fsp3) is 0.462. The maximum absolute atomic E-state index is 13.4. The molecule has 1 saturated heterocycles. The van der Waals surface area contributed by atoms with Gasteiger partial charge in [0.15, 0.2) is 5.54 Å². The average Bonchev–Trinajstić information content (AvgIpc) is 3.05. The van der Waals surface area contributed by atoms with Crippen LogP contribution in [0.15, 0.2) is 48.5 Å². The van der Waals surface area contributed by atoms with E-state index in [0.717, 1.165) is 28.0 Å². The van der Waals surface area contributed by atoms with Gasteiger partial charge in [-0.25, -0.2) is 9.59 Å². The monoisotopic (exact) mass is 453 g/mol. The maximum Gasteiger partial charge on any atom is 0.411 e. The summed E-state index contributed by atoms with van der Waals surface area (Å²) in [5.41, 5.74) is 3.15. The number of aliphatic carboxylic acids is 1. The van der Waals surface area contributed by atoms with E-state index in [9.17, 15) is 14.7 Å². The van der Waals surface area contributed by atoms with Gasteiger partial charge in [-0.1, -0.05) is 62.4 Å². The number of carbonyl (C=O) groups excluding carboxylic acids is 1. The molecule has 32 heavy (non-hydrogen) atoms. The van der Waals surface area contributed by atoms with Crippen molar-refractivity contribution in [2.24, 2.45) is 5.41 Å². The molecule has 1 aliphatic carbocycles. The van der Waals surface area contributed by atoms with Gasteiger partial charge in [-0.15, -0.1) is 0 Å². The van der Waals surface area contributed by atoms with Crippen molar-refractivity contribution in [1.29, 1.82) is 0 Å². The Balaban J connectivity index is 1.60. The van der Waals surface area contributed by atoms with Gasteiger partial charge in [0.05, 0.1) is 0 Å². The van der Waals surface area contributed by atoms with Crippen molar-refractivity contribution in [2.75, 3.05) is 18.1 Å².